The van der Waals surface area contributed by atoms with Crippen LogP contribution < -0.4 is 14.9 Å². The maximum atomic E-state index is 13.0. The molecule has 1 aromatic heterocycles. The maximum Gasteiger partial charge on any atom is 0.343 e. The molecule has 8 nitrogen and oxygen atoms in total. The minimum Gasteiger partial charge on any atom is -0.493 e. The van der Waals surface area contributed by atoms with Crippen molar-refractivity contribution in [3.63, 3.8) is 0 Å². The molecule has 0 unspecified atom stereocenters. The largest absolute Gasteiger partial charge is 0.493 e. The summed E-state index contributed by atoms with van der Waals surface area (Å²) in [7, 11) is 2.77. The lowest BCUT2D eigenvalue weighted by atomic mass is 10.0. The third kappa shape index (κ3) is 5.62. The van der Waals surface area contributed by atoms with Crippen LogP contribution >= 0.6 is 0 Å². The predicted molar refractivity (Wildman–Crippen MR) is 133 cm³/mol. The fraction of sp³-hybridized carbons (Fsp3) is 0.111. The standard InChI is InChI=1S/C27H23N3O5/c1-33-25-14-18(12-13-24(25)35-17-26(31)34-2)16-28-30-27(32)21-15-23(19-8-4-3-5-9-19)29-22-11-7-6-10-20(21)22/h3-16H,17H2,1-2H3,(H,30,32)/b28-16+. The van der Waals surface area contributed by atoms with Crippen LogP contribution in [-0.2, 0) is 9.53 Å². The van der Waals surface area contributed by atoms with E-state index in [1.165, 1.54) is 20.4 Å². The van der Waals surface area contributed by atoms with Crippen molar-refractivity contribution in [3.05, 3.63) is 90.0 Å². The second-order valence-electron chi connectivity index (χ2n) is 7.41. The van der Waals surface area contributed by atoms with Gasteiger partial charge < -0.3 is 14.2 Å². The van der Waals surface area contributed by atoms with Crippen molar-refractivity contribution in [3.8, 4) is 22.8 Å². The van der Waals surface area contributed by atoms with Crippen LogP contribution in [0.1, 0.15) is 15.9 Å². The molecule has 1 amide bonds. The summed E-state index contributed by atoms with van der Waals surface area (Å²) >= 11 is 0. The van der Waals surface area contributed by atoms with Crippen molar-refractivity contribution < 1.29 is 23.8 Å². The van der Waals surface area contributed by atoms with Crippen LogP contribution in [0.4, 0.5) is 0 Å². The third-order valence-corrected chi connectivity index (χ3v) is 5.17. The monoisotopic (exact) mass is 469 g/mol. The number of benzene rings is 3. The number of hydrogen-bond donors (Lipinski definition) is 1. The molecule has 0 aliphatic carbocycles. The first-order valence-corrected chi connectivity index (χ1v) is 10.8. The molecule has 0 bridgehead atoms. The highest BCUT2D eigenvalue weighted by molar-refractivity contribution is 6.07. The Morgan fingerprint density at radius 3 is 2.49 bits per heavy atom. The van der Waals surface area contributed by atoms with Gasteiger partial charge in [-0.3, -0.25) is 4.79 Å². The van der Waals surface area contributed by atoms with E-state index in [0.29, 0.717) is 28.3 Å². The van der Waals surface area contributed by atoms with Gasteiger partial charge in [0.15, 0.2) is 18.1 Å². The summed E-state index contributed by atoms with van der Waals surface area (Å²) in [5, 5.41) is 4.83. The van der Waals surface area contributed by atoms with Gasteiger partial charge in [0.1, 0.15) is 0 Å². The van der Waals surface area contributed by atoms with E-state index >= 15 is 0 Å². The molecule has 8 heteroatoms. The molecule has 176 valence electrons. The minimum absolute atomic E-state index is 0.235. The molecule has 0 saturated heterocycles. The number of rotatable bonds is 8. The van der Waals surface area contributed by atoms with Gasteiger partial charge in [-0.15, -0.1) is 0 Å². The molecule has 35 heavy (non-hydrogen) atoms. The van der Waals surface area contributed by atoms with Crippen LogP contribution in [0.25, 0.3) is 22.2 Å². The van der Waals surface area contributed by atoms with E-state index in [2.05, 4.69) is 15.3 Å². The zero-order chi connectivity index (χ0) is 24.6. The van der Waals surface area contributed by atoms with E-state index in [1.54, 1.807) is 24.3 Å². The summed E-state index contributed by atoms with van der Waals surface area (Å²) in [6.07, 6.45) is 1.49. The van der Waals surface area contributed by atoms with Crippen molar-refractivity contribution in [2.45, 2.75) is 0 Å². The normalized spacial score (nSPS) is 10.8. The van der Waals surface area contributed by atoms with Crippen LogP contribution in [0.15, 0.2) is 84.0 Å². The van der Waals surface area contributed by atoms with E-state index in [4.69, 9.17) is 14.5 Å². The molecule has 3 aromatic carbocycles. The number of ether oxygens (including phenoxy) is 3. The molecular formula is C27H23N3O5. The molecule has 0 radical (unpaired) electrons. The summed E-state index contributed by atoms with van der Waals surface area (Å²) in [6, 6.07) is 24.0. The molecule has 0 aliphatic rings. The summed E-state index contributed by atoms with van der Waals surface area (Å²) < 4.78 is 15.3. The highest BCUT2D eigenvalue weighted by Gasteiger charge is 2.14. The number of amides is 1. The van der Waals surface area contributed by atoms with Crippen LogP contribution in [0, 0.1) is 0 Å². The van der Waals surface area contributed by atoms with Crippen LogP contribution in [0.5, 0.6) is 11.5 Å². The van der Waals surface area contributed by atoms with E-state index < -0.39 is 5.97 Å². The molecule has 0 fully saturated rings. The smallest absolute Gasteiger partial charge is 0.343 e. The van der Waals surface area contributed by atoms with Crippen molar-refractivity contribution in [2.24, 2.45) is 5.10 Å². The average Bonchev–Trinajstić information content (AvgIpc) is 2.91. The van der Waals surface area contributed by atoms with E-state index in [9.17, 15) is 9.59 Å². The van der Waals surface area contributed by atoms with E-state index in [1.807, 2.05) is 54.6 Å². The Balaban J connectivity index is 1.54. The number of nitrogens with one attached hydrogen (secondary N) is 1. The second kappa shape index (κ2) is 10.9. The number of methoxy groups -OCH3 is 2. The van der Waals surface area contributed by atoms with Gasteiger partial charge in [0, 0.05) is 10.9 Å². The number of nitrogens with zero attached hydrogens (tertiary/aromatic N) is 2. The molecule has 1 N–H and O–H groups in total. The number of fused-ring (bicyclic) bond motifs is 1. The number of aromatic nitrogens is 1. The first-order chi connectivity index (χ1) is 17.1. The Morgan fingerprint density at radius 1 is 0.943 bits per heavy atom. The van der Waals surface area contributed by atoms with Gasteiger partial charge >= 0.3 is 5.97 Å². The van der Waals surface area contributed by atoms with Crippen LogP contribution in [-0.4, -0.2) is 43.9 Å². The summed E-state index contributed by atoms with van der Waals surface area (Å²) in [5.74, 6) is -0.0610. The highest BCUT2D eigenvalue weighted by Crippen LogP contribution is 2.28. The van der Waals surface area contributed by atoms with E-state index in [-0.39, 0.29) is 12.5 Å². The molecule has 1 heterocycles. The van der Waals surface area contributed by atoms with Crippen molar-refractivity contribution in [2.75, 3.05) is 20.8 Å². The van der Waals surface area contributed by atoms with Gasteiger partial charge in [-0.25, -0.2) is 15.2 Å². The lowest BCUT2D eigenvalue weighted by Gasteiger charge is -2.10. The minimum atomic E-state index is -0.500. The number of pyridine rings is 1. The molecule has 0 spiro atoms. The first-order valence-electron chi connectivity index (χ1n) is 10.8. The first kappa shape index (κ1) is 23.4. The Bertz CT molecular complexity index is 1390. The Hall–Kier alpha value is -4.72. The fourth-order valence-corrected chi connectivity index (χ4v) is 3.43. The molecule has 0 saturated carbocycles. The molecular weight excluding hydrogens is 446 g/mol. The maximum absolute atomic E-state index is 13.0. The van der Waals surface area contributed by atoms with Gasteiger partial charge in [-0.1, -0.05) is 48.5 Å². The Labute approximate surface area is 202 Å². The highest BCUT2D eigenvalue weighted by atomic mass is 16.6. The van der Waals surface area contributed by atoms with Crippen LogP contribution in [0.2, 0.25) is 0 Å². The Morgan fingerprint density at radius 2 is 1.71 bits per heavy atom. The molecule has 0 aliphatic heterocycles. The lowest BCUT2D eigenvalue weighted by molar-refractivity contribution is -0.142. The van der Waals surface area contributed by atoms with Gasteiger partial charge in [-0.2, -0.15) is 5.10 Å². The Kier molecular flexibility index (Phi) is 7.32. The summed E-state index contributed by atoms with van der Waals surface area (Å²) in [6.45, 7) is -0.235. The second-order valence-corrected chi connectivity index (χ2v) is 7.41. The number of esters is 1. The van der Waals surface area contributed by atoms with Crippen molar-refractivity contribution >= 4 is 29.0 Å². The van der Waals surface area contributed by atoms with Gasteiger partial charge in [-0.05, 0) is 35.9 Å². The van der Waals surface area contributed by atoms with Gasteiger partial charge in [0.05, 0.1) is 37.2 Å². The van der Waals surface area contributed by atoms with Gasteiger partial charge in [0.25, 0.3) is 5.91 Å². The third-order valence-electron chi connectivity index (χ3n) is 5.17. The SMILES string of the molecule is COC(=O)COc1ccc(/C=N/NC(=O)c2cc(-c3ccccc3)nc3ccccc23)cc1OC. The lowest BCUT2D eigenvalue weighted by Crippen LogP contribution is -2.18. The summed E-state index contributed by atoms with van der Waals surface area (Å²) in [5.41, 5.74) is 6.05. The van der Waals surface area contributed by atoms with Gasteiger partial charge in [0.2, 0.25) is 0 Å². The molecule has 0 atom stereocenters. The number of carbonyl (C=O) groups is 2. The average molecular weight is 469 g/mol. The number of carbonyl (C=O) groups excluding carboxylic acids is 2. The predicted octanol–water partition coefficient (Wildman–Crippen LogP) is 4.23. The number of para-hydroxylation sites is 1. The van der Waals surface area contributed by atoms with Crippen molar-refractivity contribution in [1.29, 1.82) is 0 Å². The summed E-state index contributed by atoms with van der Waals surface area (Å²) in [4.78, 5) is 29.1. The van der Waals surface area contributed by atoms with E-state index in [0.717, 1.165) is 16.5 Å². The molecule has 4 aromatic rings. The zero-order valence-electron chi connectivity index (χ0n) is 19.2. The van der Waals surface area contributed by atoms with Crippen molar-refractivity contribution in [1.82, 2.24) is 10.4 Å². The fourth-order valence-electron chi connectivity index (χ4n) is 3.43. The number of hydrazone groups is 1. The quantitative estimate of drug-likeness (QED) is 0.236. The molecule has 4 rings (SSSR count). The topological polar surface area (TPSA) is 99.1 Å². The zero-order valence-corrected chi connectivity index (χ0v) is 19.2. The van der Waals surface area contributed by atoms with Crippen LogP contribution in [0.3, 0.4) is 0 Å². The number of hydrogen-bond acceptors (Lipinski definition) is 7.